The number of carbonyl (C=O) groups excluding carboxylic acids is 3. The maximum Gasteiger partial charge on any atom is 0.268 e. The molecule has 1 aromatic heterocycles. The van der Waals surface area contributed by atoms with Crippen LogP contribution in [0.25, 0.3) is 0 Å². The highest BCUT2D eigenvalue weighted by Crippen LogP contribution is 2.35. The average molecular weight is 343 g/mol. The fraction of sp³-hybridized carbons (Fsp3) is 0.294. The predicted molar refractivity (Wildman–Crippen MR) is 88.8 cm³/mol. The number of nitrogens with one attached hydrogen (secondary N) is 1. The van der Waals surface area contributed by atoms with Gasteiger partial charge in [-0.15, -0.1) is 0 Å². The van der Waals surface area contributed by atoms with Crippen molar-refractivity contribution in [3.8, 4) is 5.75 Å². The molecule has 0 radical (unpaired) electrons. The number of nitrogens with zero attached hydrogens (tertiary/aromatic N) is 2. The molecule has 8 heteroatoms. The normalized spacial score (nSPS) is 16.2. The fourth-order valence-corrected chi connectivity index (χ4v) is 2.54. The number of aromatic nitrogens is 1. The van der Waals surface area contributed by atoms with Gasteiger partial charge in [-0.3, -0.25) is 19.3 Å². The number of hydrogen-bond acceptors (Lipinski definition) is 6. The number of hydrogen-bond donors (Lipinski definition) is 1. The third-order valence-corrected chi connectivity index (χ3v) is 3.77. The highest BCUT2D eigenvalue weighted by Gasteiger charge is 2.33. The number of ether oxygens (including phenoxy) is 1. The molecule has 25 heavy (non-hydrogen) atoms. The maximum atomic E-state index is 12.5. The van der Waals surface area contributed by atoms with Gasteiger partial charge in [-0.1, -0.05) is 5.16 Å². The van der Waals surface area contributed by atoms with Crippen molar-refractivity contribution in [2.75, 3.05) is 16.8 Å². The zero-order valence-corrected chi connectivity index (χ0v) is 14.0. The zero-order chi connectivity index (χ0) is 18.1. The van der Waals surface area contributed by atoms with E-state index in [1.807, 2.05) is 0 Å². The fourth-order valence-electron chi connectivity index (χ4n) is 2.54. The molecule has 1 N–H and O–H groups in total. The van der Waals surface area contributed by atoms with Gasteiger partial charge in [0.15, 0.2) is 17.7 Å². The number of Topliss-reactive ketones (excluding diaryl/α,β-unsaturated/α-hetero) is 1. The Morgan fingerprint density at radius 2 is 2.08 bits per heavy atom. The van der Waals surface area contributed by atoms with Crippen LogP contribution in [0.2, 0.25) is 0 Å². The largest absolute Gasteiger partial charge is 0.479 e. The van der Waals surface area contributed by atoms with Gasteiger partial charge < -0.3 is 14.6 Å². The molecule has 0 bridgehead atoms. The van der Waals surface area contributed by atoms with Gasteiger partial charge in [0, 0.05) is 11.6 Å². The molecule has 130 valence electrons. The number of fused-ring (bicyclic) bond motifs is 1. The lowest BCUT2D eigenvalue weighted by molar-refractivity contribution is -0.127. The number of rotatable bonds is 4. The summed E-state index contributed by atoms with van der Waals surface area (Å²) in [7, 11) is 0. The number of ketones is 1. The van der Waals surface area contributed by atoms with Crippen LogP contribution in [0, 0.1) is 6.92 Å². The summed E-state index contributed by atoms with van der Waals surface area (Å²) in [5.74, 6) is 0.338. The molecule has 1 atom stereocenters. The first-order chi connectivity index (χ1) is 11.8. The second-order valence-electron chi connectivity index (χ2n) is 5.79. The summed E-state index contributed by atoms with van der Waals surface area (Å²) >= 11 is 0. The molecule has 1 aliphatic heterocycles. The summed E-state index contributed by atoms with van der Waals surface area (Å²) in [5, 5.41) is 6.25. The quantitative estimate of drug-likeness (QED) is 0.851. The Hall–Kier alpha value is -3.16. The molecule has 2 heterocycles. The molecule has 2 aromatic rings. The molecule has 0 saturated carbocycles. The van der Waals surface area contributed by atoms with E-state index >= 15 is 0 Å². The Labute approximate surface area is 143 Å². The molecule has 2 amide bonds. The smallest absolute Gasteiger partial charge is 0.268 e. The van der Waals surface area contributed by atoms with Crippen molar-refractivity contribution in [3.05, 3.63) is 35.6 Å². The minimum Gasteiger partial charge on any atom is -0.479 e. The van der Waals surface area contributed by atoms with Crippen molar-refractivity contribution in [2.45, 2.75) is 26.9 Å². The van der Waals surface area contributed by atoms with Crippen molar-refractivity contribution >= 4 is 29.1 Å². The summed E-state index contributed by atoms with van der Waals surface area (Å²) in [4.78, 5) is 37.7. The van der Waals surface area contributed by atoms with Crippen molar-refractivity contribution in [2.24, 2.45) is 0 Å². The molecule has 0 fully saturated rings. The van der Waals surface area contributed by atoms with Gasteiger partial charge in [0.25, 0.3) is 5.91 Å². The molecular weight excluding hydrogens is 326 g/mol. The lowest BCUT2D eigenvalue weighted by Gasteiger charge is -2.32. The van der Waals surface area contributed by atoms with Gasteiger partial charge in [0.2, 0.25) is 5.91 Å². The molecule has 1 unspecified atom stereocenters. The minimum atomic E-state index is -0.724. The Morgan fingerprint density at radius 1 is 1.32 bits per heavy atom. The summed E-state index contributed by atoms with van der Waals surface area (Å²) in [6.45, 7) is 4.51. The molecule has 0 aliphatic carbocycles. The molecule has 1 aliphatic rings. The highest BCUT2D eigenvalue weighted by molar-refractivity contribution is 6.07. The summed E-state index contributed by atoms with van der Waals surface area (Å²) in [6, 6.07) is 6.37. The number of benzene rings is 1. The van der Waals surface area contributed by atoms with Crippen LogP contribution in [-0.2, 0) is 9.59 Å². The Morgan fingerprint density at radius 3 is 2.72 bits per heavy atom. The topological polar surface area (TPSA) is 102 Å². The zero-order valence-electron chi connectivity index (χ0n) is 14.0. The average Bonchev–Trinajstić information content (AvgIpc) is 2.96. The van der Waals surface area contributed by atoms with Gasteiger partial charge in [-0.05, 0) is 39.0 Å². The van der Waals surface area contributed by atoms with Crippen LogP contribution < -0.4 is 15.0 Å². The van der Waals surface area contributed by atoms with Gasteiger partial charge in [-0.2, -0.15) is 0 Å². The third kappa shape index (κ3) is 3.37. The van der Waals surface area contributed by atoms with Crippen LogP contribution in [0.4, 0.5) is 11.5 Å². The lowest BCUT2D eigenvalue weighted by atomic mass is 10.1. The maximum absolute atomic E-state index is 12.5. The number of anilines is 2. The predicted octanol–water partition coefficient (Wildman–Crippen LogP) is 1.94. The van der Waals surface area contributed by atoms with E-state index < -0.39 is 12.0 Å². The van der Waals surface area contributed by atoms with Crippen LogP contribution in [0.1, 0.15) is 30.0 Å². The molecule has 1 aromatic carbocycles. The Kier molecular flexibility index (Phi) is 4.26. The van der Waals surface area contributed by atoms with E-state index in [0.717, 1.165) is 0 Å². The molecule has 8 nitrogen and oxygen atoms in total. The van der Waals surface area contributed by atoms with Gasteiger partial charge in [0.05, 0.1) is 5.69 Å². The van der Waals surface area contributed by atoms with E-state index in [0.29, 0.717) is 22.8 Å². The van der Waals surface area contributed by atoms with E-state index in [-0.39, 0.29) is 24.1 Å². The van der Waals surface area contributed by atoms with Crippen LogP contribution in [0.3, 0.4) is 0 Å². The first kappa shape index (κ1) is 16.7. The number of aryl methyl sites for hydroxylation is 1. The van der Waals surface area contributed by atoms with Crippen LogP contribution in [-0.4, -0.2) is 35.4 Å². The van der Waals surface area contributed by atoms with Gasteiger partial charge in [0.1, 0.15) is 18.1 Å². The van der Waals surface area contributed by atoms with E-state index in [4.69, 9.17) is 9.26 Å². The Bertz CT molecular complexity index is 858. The first-order valence-electron chi connectivity index (χ1n) is 7.71. The van der Waals surface area contributed by atoms with Crippen molar-refractivity contribution in [1.29, 1.82) is 0 Å². The van der Waals surface area contributed by atoms with E-state index in [1.54, 1.807) is 38.1 Å². The van der Waals surface area contributed by atoms with Gasteiger partial charge >= 0.3 is 0 Å². The SMILES string of the molecule is CC(=O)c1ccc2c(c1)N(CC(=O)Nc1cc(C)on1)C(=O)C(C)O2. The second-order valence-corrected chi connectivity index (χ2v) is 5.79. The monoisotopic (exact) mass is 343 g/mol. The molecule has 0 saturated heterocycles. The summed E-state index contributed by atoms with van der Waals surface area (Å²) in [5.41, 5.74) is 0.824. The van der Waals surface area contributed by atoms with Crippen LogP contribution in [0.5, 0.6) is 5.75 Å². The van der Waals surface area contributed by atoms with E-state index in [2.05, 4.69) is 10.5 Å². The van der Waals surface area contributed by atoms with E-state index in [1.165, 1.54) is 11.8 Å². The number of amides is 2. The van der Waals surface area contributed by atoms with Gasteiger partial charge in [-0.25, -0.2) is 0 Å². The standard InChI is InChI=1S/C17H17N3O5/c1-9-6-15(19-25-9)18-16(22)8-20-13-7-12(10(2)21)4-5-14(13)24-11(3)17(20)23/h4-7,11H,8H2,1-3H3,(H,18,19,22). The van der Waals surface area contributed by atoms with E-state index in [9.17, 15) is 14.4 Å². The van der Waals surface area contributed by atoms with Crippen molar-refractivity contribution in [1.82, 2.24) is 5.16 Å². The summed E-state index contributed by atoms with van der Waals surface area (Å²) in [6.07, 6.45) is -0.724. The Balaban J connectivity index is 1.86. The second kappa shape index (κ2) is 6.39. The lowest BCUT2D eigenvalue weighted by Crippen LogP contribution is -2.47. The van der Waals surface area contributed by atoms with Crippen LogP contribution >= 0.6 is 0 Å². The van der Waals surface area contributed by atoms with Crippen molar-refractivity contribution < 1.29 is 23.6 Å². The highest BCUT2D eigenvalue weighted by atomic mass is 16.5. The molecule has 0 spiro atoms. The molecular formula is C17H17N3O5. The minimum absolute atomic E-state index is 0.142. The summed E-state index contributed by atoms with van der Waals surface area (Å²) < 4.78 is 10.4. The number of carbonyl (C=O) groups is 3. The van der Waals surface area contributed by atoms with Crippen LogP contribution in [0.15, 0.2) is 28.8 Å². The van der Waals surface area contributed by atoms with Crippen molar-refractivity contribution in [3.63, 3.8) is 0 Å². The molecule has 3 rings (SSSR count). The first-order valence-corrected chi connectivity index (χ1v) is 7.71. The third-order valence-electron chi connectivity index (χ3n) is 3.77.